The SMILES string of the molecule is NC(=S)Nc1cccc(NS(=O)(=O)C2CC2)c1. The molecule has 0 unspecified atom stereocenters. The van der Waals surface area contributed by atoms with Crippen LogP contribution in [-0.4, -0.2) is 18.8 Å². The molecule has 1 aromatic rings. The molecule has 0 spiro atoms. The van der Waals surface area contributed by atoms with E-state index >= 15 is 0 Å². The Balaban J connectivity index is 2.13. The van der Waals surface area contributed by atoms with Crippen LogP contribution < -0.4 is 15.8 Å². The number of benzene rings is 1. The fourth-order valence-corrected chi connectivity index (χ4v) is 2.93. The van der Waals surface area contributed by atoms with Gasteiger partial charge in [0.2, 0.25) is 10.0 Å². The molecule has 0 bridgehead atoms. The summed E-state index contributed by atoms with van der Waals surface area (Å²) in [5, 5.41) is 2.65. The van der Waals surface area contributed by atoms with Crippen molar-refractivity contribution >= 4 is 38.7 Å². The normalized spacial score (nSPS) is 15.3. The van der Waals surface area contributed by atoms with Gasteiger partial charge in [0.1, 0.15) is 0 Å². The Bertz CT molecular complexity index is 538. The molecule has 7 heteroatoms. The third kappa shape index (κ3) is 3.31. The predicted molar refractivity (Wildman–Crippen MR) is 72.4 cm³/mol. The quantitative estimate of drug-likeness (QED) is 0.718. The summed E-state index contributed by atoms with van der Waals surface area (Å²) >= 11 is 4.71. The molecule has 5 nitrogen and oxygen atoms in total. The van der Waals surface area contributed by atoms with Crippen LogP contribution in [0.15, 0.2) is 24.3 Å². The summed E-state index contributed by atoms with van der Waals surface area (Å²) in [4.78, 5) is 0. The van der Waals surface area contributed by atoms with Gasteiger partial charge < -0.3 is 11.1 Å². The third-order valence-corrected chi connectivity index (χ3v) is 4.32. The molecular weight excluding hydrogens is 258 g/mol. The summed E-state index contributed by atoms with van der Waals surface area (Å²) in [6.07, 6.45) is 1.47. The van der Waals surface area contributed by atoms with Gasteiger partial charge in [-0.1, -0.05) is 6.07 Å². The maximum absolute atomic E-state index is 11.7. The summed E-state index contributed by atoms with van der Waals surface area (Å²) in [5.74, 6) is 0. The average molecular weight is 271 g/mol. The van der Waals surface area contributed by atoms with Crippen molar-refractivity contribution in [1.82, 2.24) is 0 Å². The molecule has 1 aliphatic rings. The zero-order valence-electron chi connectivity index (χ0n) is 9.01. The number of hydrogen-bond donors (Lipinski definition) is 3. The van der Waals surface area contributed by atoms with Crippen molar-refractivity contribution in [3.05, 3.63) is 24.3 Å². The largest absolute Gasteiger partial charge is 0.376 e. The van der Waals surface area contributed by atoms with Gasteiger partial charge >= 0.3 is 0 Å². The standard InChI is InChI=1S/C10H13N3O2S2/c11-10(16)12-7-2-1-3-8(6-7)13-17(14,15)9-4-5-9/h1-3,6,9,13H,4-5H2,(H3,11,12,16). The van der Waals surface area contributed by atoms with E-state index < -0.39 is 10.0 Å². The monoisotopic (exact) mass is 271 g/mol. The molecule has 4 N–H and O–H groups in total. The van der Waals surface area contributed by atoms with Crippen molar-refractivity contribution in [3.8, 4) is 0 Å². The van der Waals surface area contributed by atoms with Gasteiger partial charge in [-0.3, -0.25) is 4.72 Å². The van der Waals surface area contributed by atoms with Gasteiger partial charge in [0.05, 0.1) is 10.9 Å². The molecule has 0 amide bonds. The van der Waals surface area contributed by atoms with Crippen LogP contribution >= 0.6 is 12.2 Å². The van der Waals surface area contributed by atoms with Gasteiger partial charge in [0.15, 0.2) is 5.11 Å². The Labute approximate surface area is 105 Å². The average Bonchev–Trinajstić information content (AvgIpc) is 2.98. The number of sulfonamides is 1. The van der Waals surface area contributed by atoms with Crippen molar-refractivity contribution < 1.29 is 8.42 Å². The molecule has 0 radical (unpaired) electrons. The summed E-state index contributed by atoms with van der Waals surface area (Å²) in [6.45, 7) is 0. The van der Waals surface area contributed by atoms with Crippen molar-refractivity contribution in [2.45, 2.75) is 18.1 Å². The van der Waals surface area contributed by atoms with Crippen LogP contribution in [0.3, 0.4) is 0 Å². The molecule has 2 rings (SSSR count). The van der Waals surface area contributed by atoms with E-state index in [0.717, 1.165) is 12.8 Å². The Morgan fingerprint density at radius 2 is 2.00 bits per heavy atom. The molecule has 1 saturated carbocycles. The second kappa shape index (κ2) is 4.50. The molecule has 0 heterocycles. The van der Waals surface area contributed by atoms with Crippen molar-refractivity contribution in [2.24, 2.45) is 5.73 Å². The minimum absolute atomic E-state index is 0.146. The van der Waals surface area contributed by atoms with Gasteiger partial charge in [0.25, 0.3) is 0 Å². The first kappa shape index (κ1) is 12.1. The van der Waals surface area contributed by atoms with Crippen LogP contribution in [0.25, 0.3) is 0 Å². The maximum atomic E-state index is 11.7. The highest BCUT2D eigenvalue weighted by atomic mass is 32.2. The molecular formula is C10H13N3O2S2. The van der Waals surface area contributed by atoms with Gasteiger partial charge in [-0.15, -0.1) is 0 Å². The van der Waals surface area contributed by atoms with E-state index in [1.54, 1.807) is 24.3 Å². The van der Waals surface area contributed by atoms with E-state index in [-0.39, 0.29) is 10.4 Å². The predicted octanol–water partition coefficient (Wildman–Crippen LogP) is 1.25. The summed E-state index contributed by atoms with van der Waals surface area (Å²) < 4.78 is 26.0. The lowest BCUT2D eigenvalue weighted by Gasteiger charge is -2.09. The van der Waals surface area contributed by atoms with Crippen molar-refractivity contribution in [2.75, 3.05) is 10.0 Å². The van der Waals surface area contributed by atoms with Crippen LogP contribution in [0.1, 0.15) is 12.8 Å². The lowest BCUT2D eigenvalue weighted by Crippen LogP contribution is -2.20. The van der Waals surface area contributed by atoms with Gasteiger partial charge in [-0.2, -0.15) is 0 Å². The minimum atomic E-state index is -3.23. The first-order chi connectivity index (χ1) is 7.97. The molecule has 92 valence electrons. The van der Waals surface area contributed by atoms with E-state index in [0.29, 0.717) is 11.4 Å². The zero-order chi connectivity index (χ0) is 12.5. The smallest absolute Gasteiger partial charge is 0.235 e. The highest BCUT2D eigenvalue weighted by Crippen LogP contribution is 2.30. The molecule has 0 aromatic heterocycles. The second-order valence-electron chi connectivity index (χ2n) is 3.92. The van der Waals surface area contributed by atoms with E-state index in [2.05, 4.69) is 10.0 Å². The lowest BCUT2D eigenvalue weighted by atomic mass is 10.3. The van der Waals surface area contributed by atoms with Crippen LogP contribution in [0.2, 0.25) is 0 Å². The molecule has 0 saturated heterocycles. The zero-order valence-corrected chi connectivity index (χ0v) is 10.6. The van der Waals surface area contributed by atoms with E-state index in [1.807, 2.05) is 0 Å². The van der Waals surface area contributed by atoms with Gasteiger partial charge in [-0.05, 0) is 43.3 Å². The van der Waals surface area contributed by atoms with Crippen molar-refractivity contribution in [1.29, 1.82) is 0 Å². The molecule has 1 fully saturated rings. The van der Waals surface area contributed by atoms with E-state index in [1.165, 1.54) is 0 Å². The molecule has 17 heavy (non-hydrogen) atoms. The van der Waals surface area contributed by atoms with Crippen LogP contribution in [-0.2, 0) is 10.0 Å². The van der Waals surface area contributed by atoms with Crippen LogP contribution in [0.5, 0.6) is 0 Å². The van der Waals surface area contributed by atoms with Gasteiger partial charge in [-0.25, -0.2) is 8.42 Å². The van der Waals surface area contributed by atoms with Crippen molar-refractivity contribution in [3.63, 3.8) is 0 Å². The highest BCUT2D eigenvalue weighted by Gasteiger charge is 2.35. The second-order valence-corrected chi connectivity index (χ2v) is 6.32. The fourth-order valence-electron chi connectivity index (χ4n) is 1.43. The topological polar surface area (TPSA) is 84.2 Å². The molecule has 0 aliphatic heterocycles. The van der Waals surface area contributed by atoms with Crippen LogP contribution in [0.4, 0.5) is 11.4 Å². The minimum Gasteiger partial charge on any atom is -0.376 e. The number of thiocarbonyl (C=S) groups is 1. The maximum Gasteiger partial charge on any atom is 0.235 e. The van der Waals surface area contributed by atoms with E-state index in [9.17, 15) is 8.42 Å². The number of hydrogen-bond acceptors (Lipinski definition) is 3. The number of nitrogens with two attached hydrogens (primary N) is 1. The first-order valence-corrected chi connectivity index (χ1v) is 7.11. The van der Waals surface area contributed by atoms with Gasteiger partial charge in [0, 0.05) is 5.69 Å². The Kier molecular flexibility index (Phi) is 3.21. The Morgan fingerprint density at radius 1 is 1.35 bits per heavy atom. The molecule has 0 atom stereocenters. The highest BCUT2D eigenvalue weighted by molar-refractivity contribution is 7.93. The lowest BCUT2D eigenvalue weighted by molar-refractivity contribution is 0.600. The molecule has 1 aliphatic carbocycles. The number of anilines is 2. The summed E-state index contributed by atoms with van der Waals surface area (Å²) in [7, 11) is -3.23. The van der Waals surface area contributed by atoms with Crippen LogP contribution in [0, 0.1) is 0 Å². The van der Waals surface area contributed by atoms with E-state index in [4.69, 9.17) is 18.0 Å². The Morgan fingerprint density at radius 3 is 2.59 bits per heavy atom. The fraction of sp³-hybridized carbons (Fsp3) is 0.300. The summed E-state index contributed by atoms with van der Waals surface area (Å²) in [6, 6.07) is 6.82. The summed E-state index contributed by atoms with van der Waals surface area (Å²) in [5.41, 5.74) is 6.51. The number of rotatable bonds is 4. The molecule has 1 aromatic carbocycles. The third-order valence-electron chi connectivity index (χ3n) is 2.35. The first-order valence-electron chi connectivity index (χ1n) is 5.15. The Hall–Kier alpha value is -1.34. The number of nitrogens with one attached hydrogen (secondary N) is 2.